The van der Waals surface area contributed by atoms with Crippen molar-refractivity contribution >= 4 is 43.9 Å². The minimum atomic E-state index is -0.623. The smallest absolute Gasteiger partial charge is 0.164 e. The summed E-state index contributed by atoms with van der Waals surface area (Å²) in [4.78, 5) is 14.0. The molecule has 0 bridgehead atoms. The first-order chi connectivity index (χ1) is 28.9. The van der Waals surface area contributed by atoms with Crippen molar-refractivity contribution in [3.8, 4) is 56.4 Å². The van der Waals surface area contributed by atoms with E-state index >= 15 is 0 Å². The molecule has 0 atom stereocenters. The maximum atomic E-state index is 8.80. The van der Waals surface area contributed by atoms with Crippen molar-refractivity contribution in [2.24, 2.45) is 0 Å². The molecule has 0 spiro atoms. The third-order valence-corrected chi connectivity index (χ3v) is 8.70. The van der Waals surface area contributed by atoms with E-state index in [4.69, 9.17) is 32.5 Å². The molecule has 50 heavy (non-hydrogen) atoms. The van der Waals surface area contributed by atoms with Crippen LogP contribution in [-0.4, -0.2) is 15.0 Å². The van der Waals surface area contributed by atoms with Gasteiger partial charge in [0.15, 0.2) is 17.5 Å². The predicted octanol–water partition coefficient (Wildman–Crippen LogP) is 12.0. The van der Waals surface area contributed by atoms with Gasteiger partial charge in [0.2, 0.25) is 0 Å². The Kier molecular flexibility index (Phi) is 4.52. The van der Waals surface area contributed by atoms with Crippen molar-refractivity contribution in [2.45, 2.75) is 0 Å². The van der Waals surface area contributed by atoms with Gasteiger partial charge in [0.05, 0.1) is 13.7 Å². The maximum Gasteiger partial charge on any atom is 0.164 e. The quantitative estimate of drug-likeness (QED) is 0.185. The Morgan fingerprint density at radius 2 is 0.780 bits per heavy atom. The van der Waals surface area contributed by atoms with E-state index in [-0.39, 0.29) is 28.6 Å². The van der Waals surface area contributed by atoms with Gasteiger partial charge in [0.25, 0.3) is 0 Å². The summed E-state index contributed by atoms with van der Waals surface area (Å²) >= 11 is 0. The average Bonchev–Trinajstić information content (AvgIpc) is 3.85. The van der Waals surface area contributed by atoms with Crippen molar-refractivity contribution in [2.75, 3.05) is 0 Å². The number of benzene rings is 7. The number of furan rings is 2. The Morgan fingerprint density at radius 3 is 1.26 bits per heavy atom. The zero-order valence-corrected chi connectivity index (χ0v) is 26.0. The third-order valence-electron chi connectivity index (χ3n) is 8.70. The summed E-state index contributed by atoms with van der Waals surface area (Å²) in [5.74, 6) is -0.751. The Bertz CT molecular complexity index is 3190. The lowest BCUT2D eigenvalue weighted by Crippen LogP contribution is -2.00. The fourth-order valence-electron chi connectivity index (χ4n) is 6.55. The fraction of sp³-hybridized carbons (Fsp3) is 0. The van der Waals surface area contributed by atoms with Gasteiger partial charge in [0.1, 0.15) is 22.3 Å². The number of fused-ring (bicyclic) bond motifs is 6. The number of nitrogens with zero attached hydrogens (tertiary/aromatic N) is 3. The number of rotatable bonds is 5. The van der Waals surface area contributed by atoms with E-state index in [9.17, 15) is 0 Å². The molecular weight excluding hydrogens is 615 g/mol. The molecule has 0 saturated heterocycles. The predicted molar refractivity (Wildman–Crippen MR) is 202 cm³/mol. The monoisotopic (exact) mass is 651 g/mol. The lowest BCUT2D eigenvalue weighted by atomic mass is 9.92. The lowest BCUT2D eigenvalue weighted by molar-refractivity contribution is 0.668. The normalized spacial score (nSPS) is 14.4. The van der Waals surface area contributed by atoms with Crippen LogP contribution in [0, 0.1) is 0 Å². The Balaban J connectivity index is 1.32. The summed E-state index contributed by atoms with van der Waals surface area (Å²) in [6, 6.07) is 26.6. The highest BCUT2D eigenvalue weighted by Crippen LogP contribution is 2.42. The van der Waals surface area contributed by atoms with Crippen LogP contribution in [0.5, 0.6) is 0 Å². The zero-order valence-electron chi connectivity index (χ0n) is 36.0. The molecule has 0 aliphatic heterocycles. The highest BCUT2D eigenvalue weighted by atomic mass is 16.3. The summed E-state index contributed by atoms with van der Waals surface area (Å²) in [6.07, 6.45) is 0. The second kappa shape index (κ2) is 11.4. The van der Waals surface area contributed by atoms with Crippen LogP contribution in [0.1, 0.15) is 13.7 Å². The first kappa shape index (κ1) is 19.8. The number of aromatic nitrogens is 3. The van der Waals surface area contributed by atoms with E-state index in [1.807, 2.05) is 103 Å². The summed E-state index contributed by atoms with van der Waals surface area (Å²) in [5, 5.41) is 3.51. The van der Waals surface area contributed by atoms with E-state index in [1.54, 1.807) is 0 Å². The van der Waals surface area contributed by atoms with Crippen molar-refractivity contribution in [1.82, 2.24) is 15.0 Å². The highest BCUT2D eigenvalue weighted by molar-refractivity contribution is 6.14. The summed E-state index contributed by atoms with van der Waals surface area (Å²) < 4.78 is 97.8. The van der Waals surface area contributed by atoms with Gasteiger partial charge >= 0.3 is 0 Å². The van der Waals surface area contributed by atoms with Crippen LogP contribution >= 0.6 is 0 Å². The van der Waals surface area contributed by atoms with Gasteiger partial charge in [-0.05, 0) is 64.7 Å². The van der Waals surface area contributed by atoms with Gasteiger partial charge in [-0.15, -0.1) is 0 Å². The van der Waals surface area contributed by atoms with Crippen LogP contribution in [0.15, 0.2) is 172 Å². The molecule has 7 aromatic carbocycles. The molecule has 10 aromatic rings. The molecule has 3 aromatic heterocycles. The van der Waals surface area contributed by atoms with E-state index in [0.717, 1.165) is 43.8 Å². The third kappa shape index (κ3) is 4.67. The topological polar surface area (TPSA) is 65.0 Å². The molecule has 0 amide bonds. The minimum absolute atomic E-state index is 0.0508. The molecule has 5 nitrogen and oxygen atoms in total. The van der Waals surface area contributed by atoms with Gasteiger partial charge in [0, 0.05) is 38.2 Å². The minimum Gasteiger partial charge on any atom is -0.456 e. The van der Waals surface area contributed by atoms with E-state index < -0.39 is 60.4 Å². The van der Waals surface area contributed by atoms with Gasteiger partial charge in [-0.1, -0.05) is 121 Å². The average molecular weight is 652 g/mol. The first-order valence-electron chi connectivity index (χ1n) is 20.8. The van der Waals surface area contributed by atoms with Crippen molar-refractivity contribution < 1.29 is 22.5 Å². The number of para-hydroxylation sites is 2. The molecular formula is C45H27N3O2. The molecule has 0 N–H and O–H groups in total. The van der Waals surface area contributed by atoms with E-state index in [2.05, 4.69) is 4.98 Å². The molecule has 0 aliphatic rings. The molecule has 10 rings (SSSR count). The van der Waals surface area contributed by atoms with Crippen LogP contribution in [-0.2, 0) is 0 Å². The first-order valence-corrected chi connectivity index (χ1v) is 15.8. The van der Waals surface area contributed by atoms with Crippen LogP contribution in [0.25, 0.3) is 100 Å². The van der Waals surface area contributed by atoms with Crippen molar-refractivity contribution in [1.29, 1.82) is 0 Å². The van der Waals surface area contributed by atoms with E-state index in [1.165, 1.54) is 0 Å². The molecule has 0 saturated carbocycles. The summed E-state index contributed by atoms with van der Waals surface area (Å²) in [7, 11) is 0. The lowest BCUT2D eigenvalue weighted by Gasteiger charge is -2.13. The second-order valence-corrected chi connectivity index (χ2v) is 11.7. The van der Waals surface area contributed by atoms with Crippen LogP contribution < -0.4 is 0 Å². The number of hydrogen-bond donors (Lipinski definition) is 0. The van der Waals surface area contributed by atoms with Gasteiger partial charge in [-0.3, -0.25) is 0 Å². The molecule has 5 heteroatoms. The fourth-order valence-corrected chi connectivity index (χ4v) is 6.55. The molecule has 3 heterocycles. The molecule has 0 unspecified atom stereocenters. The van der Waals surface area contributed by atoms with Crippen molar-refractivity contribution in [3.05, 3.63) is 164 Å². The Morgan fingerprint density at radius 1 is 0.380 bits per heavy atom. The van der Waals surface area contributed by atoms with Crippen LogP contribution in [0.4, 0.5) is 0 Å². The van der Waals surface area contributed by atoms with Gasteiger partial charge in [-0.25, -0.2) is 15.0 Å². The SMILES string of the molecule is [2H]c1c([2H])c([2H])c(-c2nc(-c3cc(-c4cccc5oc6ccccc6c45)cc(-c4cccc5oc6ccccc6c45)c3)nc(-c3c([2H])c([2H])c([2H])c([2H])c3[2H])n2)c([2H])c1[2H]. The molecule has 0 fully saturated rings. The number of hydrogen-bond acceptors (Lipinski definition) is 5. The van der Waals surface area contributed by atoms with Gasteiger partial charge in [-0.2, -0.15) is 0 Å². The Labute approximate surface area is 301 Å². The van der Waals surface area contributed by atoms with Crippen molar-refractivity contribution in [3.63, 3.8) is 0 Å². The van der Waals surface area contributed by atoms with Gasteiger partial charge < -0.3 is 8.83 Å². The highest BCUT2D eigenvalue weighted by Gasteiger charge is 2.19. The van der Waals surface area contributed by atoms with Crippen LogP contribution in [0.2, 0.25) is 0 Å². The summed E-state index contributed by atoms with van der Waals surface area (Å²) in [6.45, 7) is 0. The largest absolute Gasteiger partial charge is 0.456 e. The Hall–Kier alpha value is -6.85. The zero-order chi connectivity index (χ0) is 41.7. The summed E-state index contributed by atoms with van der Waals surface area (Å²) in [5.41, 5.74) is 5.50. The molecule has 234 valence electrons. The molecule has 0 aliphatic carbocycles. The van der Waals surface area contributed by atoms with E-state index in [0.29, 0.717) is 27.9 Å². The maximum absolute atomic E-state index is 8.80. The van der Waals surface area contributed by atoms with Crippen LogP contribution in [0.3, 0.4) is 0 Å². The molecule has 0 radical (unpaired) electrons. The standard InChI is InChI=1S/C45H27N3O2/c1-3-13-28(14-4-1)43-46-44(29-15-5-2-6-16-29)48-45(47-43)32-26-30(33-19-11-23-39-41(33)35-17-7-9-21-37(35)49-39)25-31(27-32)34-20-12-24-40-42(34)36-18-8-10-22-38(36)50-40/h1-27H/i1D,2D,3D,4D,5D,6D,13D,14D,15D,16D. The second-order valence-electron chi connectivity index (χ2n) is 11.7.